The Morgan fingerprint density at radius 1 is 0.560 bits per heavy atom. The second-order valence-corrected chi connectivity index (χ2v) is 6.38. The molecule has 0 saturated carbocycles. The number of phenolic OH excluding ortho intramolecular Hbond substituents is 1. The van der Waals surface area contributed by atoms with E-state index in [1.54, 1.807) is 6.07 Å². The number of anilines is 2. The molecule has 25 heavy (non-hydrogen) atoms. The Labute approximate surface area is 148 Å². The van der Waals surface area contributed by atoms with Gasteiger partial charge in [-0.1, -0.05) is 54.6 Å². The van der Waals surface area contributed by atoms with E-state index >= 15 is 0 Å². The van der Waals surface area contributed by atoms with E-state index < -0.39 is 0 Å². The van der Waals surface area contributed by atoms with Crippen molar-refractivity contribution in [3.05, 3.63) is 78.9 Å². The van der Waals surface area contributed by atoms with Gasteiger partial charge in [0.1, 0.15) is 5.75 Å². The zero-order valence-electron chi connectivity index (χ0n) is 14.2. The van der Waals surface area contributed by atoms with Crippen LogP contribution in [0.1, 0.15) is 0 Å². The van der Waals surface area contributed by atoms with E-state index in [2.05, 4.69) is 58.3 Å². The van der Waals surface area contributed by atoms with Gasteiger partial charge in [0, 0.05) is 31.9 Å². The highest BCUT2D eigenvalue weighted by atomic mass is 16.3. The average molecular weight is 330 g/mol. The third-order valence-electron chi connectivity index (χ3n) is 4.84. The van der Waals surface area contributed by atoms with Crippen molar-refractivity contribution in [1.82, 2.24) is 0 Å². The number of para-hydroxylation sites is 2. The molecule has 0 bridgehead atoms. The molecule has 1 aliphatic heterocycles. The normalized spacial score (nSPS) is 14.6. The number of phenols is 1. The molecule has 3 aromatic rings. The molecule has 0 aromatic heterocycles. The van der Waals surface area contributed by atoms with E-state index in [4.69, 9.17) is 0 Å². The van der Waals surface area contributed by atoms with Crippen LogP contribution >= 0.6 is 0 Å². The Morgan fingerprint density at radius 2 is 1.12 bits per heavy atom. The van der Waals surface area contributed by atoms with E-state index in [1.165, 1.54) is 16.8 Å². The van der Waals surface area contributed by atoms with Crippen LogP contribution < -0.4 is 9.80 Å². The Kier molecular flexibility index (Phi) is 4.30. The minimum atomic E-state index is 0.364. The molecule has 3 heteroatoms. The maximum Gasteiger partial charge on any atom is 0.138 e. The van der Waals surface area contributed by atoms with Crippen molar-refractivity contribution in [1.29, 1.82) is 0 Å². The van der Waals surface area contributed by atoms with Crippen molar-refractivity contribution in [3.8, 4) is 16.9 Å². The summed E-state index contributed by atoms with van der Waals surface area (Å²) < 4.78 is 0. The molecule has 0 radical (unpaired) electrons. The maximum absolute atomic E-state index is 10.0. The Bertz CT molecular complexity index is 822. The van der Waals surface area contributed by atoms with Gasteiger partial charge in [0.2, 0.25) is 0 Å². The summed E-state index contributed by atoms with van der Waals surface area (Å²) in [7, 11) is 0. The summed E-state index contributed by atoms with van der Waals surface area (Å²) in [6.07, 6.45) is 0. The molecule has 126 valence electrons. The predicted molar refractivity (Wildman–Crippen MR) is 104 cm³/mol. The molecule has 1 saturated heterocycles. The zero-order chi connectivity index (χ0) is 17.1. The van der Waals surface area contributed by atoms with Crippen molar-refractivity contribution in [2.24, 2.45) is 0 Å². The summed E-state index contributed by atoms with van der Waals surface area (Å²) in [5.41, 5.74) is 4.69. The average Bonchev–Trinajstić information content (AvgIpc) is 2.69. The van der Waals surface area contributed by atoms with Gasteiger partial charge in [0.25, 0.3) is 0 Å². The van der Waals surface area contributed by atoms with Crippen molar-refractivity contribution >= 4 is 11.4 Å². The lowest BCUT2D eigenvalue weighted by Gasteiger charge is -2.37. The van der Waals surface area contributed by atoms with Crippen LogP contribution in [0.5, 0.6) is 5.75 Å². The smallest absolute Gasteiger partial charge is 0.138 e. The molecule has 0 unspecified atom stereocenters. The first-order chi connectivity index (χ1) is 12.3. The molecule has 3 nitrogen and oxygen atoms in total. The van der Waals surface area contributed by atoms with Gasteiger partial charge >= 0.3 is 0 Å². The molecule has 0 spiro atoms. The summed E-state index contributed by atoms with van der Waals surface area (Å²) in [6, 6.07) is 26.8. The van der Waals surface area contributed by atoms with Crippen LogP contribution in [0.4, 0.5) is 11.4 Å². The van der Waals surface area contributed by atoms with Crippen molar-refractivity contribution in [2.45, 2.75) is 0 Å². The number of aromatic hydroxyl groups is 1. The molecule has 1 N–H and O–H groups in total. The van der Waals surface area contributed by atoms with Crippen molar-refractivity contribution < 1.29 is 5.11 Å². The van der Waals surface area contributed by atoms with Gasteiger partial charge in [0.15, 0.2) is 0 Å². The van der Waals surface area contributed by atoms with Gasteiger partial charge in [-0.05, 0) is 35.4 Å². The lowest BCUT2D eigenvalue weighted by atomic mass is 10.1. The molecule has 1 fully saturated rings. The highest BCUT2D eigenvalue weighted by Crippen LogP contribution is 2.29. The number of benzene rings is 3. The minimum absolute atomic E-state index is 0.364. The predicted octanol–water partition coefficient (Wildman–Crippen LogP) is 4.39. The molecular formula is C22H22N2O. The second-order valence-electron chi connectivity index (χ2n) is 6.38. The van der Waals surface area contributed by atoms with Crippen LogP contribution in [0.3, 0.4) is 0 Å². The van der Waals surface area contributed by atoms with Gasteiger partial charge in [-0.2, -0.15) is 0 Å². The van der Waals surface area contributed by atoms with Gasteiger partial charge in [0.05, 0.1) is 5.69 Å². The van der Waals surface area contributed by atoms with Gasteiger partial charge in [-0.15, -0.1) is 0 Å². The molecule has 0 amide bonds. The molecule has 0 atom stereocenters. The van der Waals surface area contributed by atoms with E-state index in [1.807, 2.05) is 24.3 Å². The number of hydrogen-bond acceptors (Lipinski definition) is 3. The van der Waals surface area contributed by atoms with Crippen LogP contribution in [-0.2, 0) is 0 Å². The third kappa shape index (κ3) is 3.31. The fraction of sp³-hybridized carbons (Fsp3) is 0.182. The van der Waals surface area contributed by atoms with Gasteiger partial charge < -0.3 is 14.9 Å². The summed E-state index contributed by atoms with van der Waals surface area (Å²) in [6.45, 7) is 3.74. The van der Waals surface area contributed by atoms with Crippen LogP contribution in [-0.4, -0.2) is 31.3 Å². The van der Waals surface area contributed by atoms with Crippen LogP contribution in [0, 0.1) is 0 Å². The zero-order valence-corrected chi connectivity index (χ0v) is 14.2. The molecular weight excluding hydrogens is 308 g/mol. The monoisotopic (exact) mass is 330 g/mol. The topological polar surface area (TPSA) is 26.7 Å². The van der Waals surface area contributed by atoms with Crippen LogP contribution in [0.15, 0.2) is 78.9 Å². The van der Waals surface area contributed by atoms with Crippen LogP contribution in [0.2, 0.25) is 0 Å². The summed E-state index contributed by atoms with van der Waals surface area (Å²) >= 11 is 0. The lowest BCUT2D eigenvalue weighted by molar-refractivity contribution is 0.472. The molecule has 3 aromatic carbocycles. The standard InChI is InChI=1S/C22H22N2O/c25-22-9-5-4-8-21(22)24-16-14-23(15-17-24)20-12-10-19(11-13-20)18-6-2-1-3-7-18/h1-13,25H,14-17H2. The highest BCUT2D eigenvalue weighted by molar-refractivity contribution is 5.66. The molecule has 4 rings (SSSR count). The fourth-order valence-electron chi connectivity index (χ4n) is 3.43. The SMILES string of the molecule is Oc1ccccc1N1CCN(c2ccc(-c3ccccc3)cc2)CC1. The second kappa shape index (κ2) is 6.89. The summed E-state index contributed by atoms with van der Waals surface area (Å²) in [4.78, 5) is 4.66. The molecule has 1 heterocycles. The van der Waals surface area contributed by atoms with Crippen molar-refractivity contribution in [3.63, 3.8) is 0 Å². The number of hydrogen-bond donors (Lipinski definition) is 1. The van der Waals surface area contributed by atoms with Gasteiger partial charge in [-0.25, -0.2) is 0 Å². The fourth-order valence-corrected chi connectivity index (χ4v) is 3.43. The van der Waals surface area contributed by atoms with E-state index in [0.717, 1.165) is 31.9 Å². The Balaban J connectivity index is 1.43. The lowest BCUT2D eigenvalue weighted by Crippen LogP contribution is -2.46. The van der Waals surface area contributed by atoms with E-state index in [-0.39, 0.29) is 0 Å². The number of rotatable bonds is 3. The van der Waals surface area contributed by atoms with E-state index in [9.17, 15) is 5.11 Å². The van der Waals surface area contributed by atoms with Crippen molar-refractivity contribution in [2.75, 3.05) is 36.0 Å². The molecule has 0 aliphatic carbocycles. The number of nitrogens with zero attached hydrogens (tertiary/aromatic N) is 2. The minimum Gasteiger partial charge on any atom is -0.506 e. The van der Waals surface area contributed by atoms with Gasteiger partial charge in [-0.3, -0.25) is 0 Å². The molecule has 1 aliphatic rings. The van der Waals surface area contributed by atoms with Crippen LogP contribution in [0.25, 0.3) is 11.1 Å². The summed E-state index contributed by atoms with van der Waals surface area (Å²) in [5.74, 6) is 0.364. The maximum atomic E-state index is 10.0. The highest BCUT2D eigenvalue weighted by Gasteiger charge is 2.19. The van der Waals surface area contributed by atoms with E-state index in [0.29, 0.717) is 5.75 Å². The Hall–Kier alpha value is -2.94. The summed E-state index contributed by atoms with van der Waals surface area (Å²) in [5, 5.41) is 10.0. The Morgan fingerprint density at radius 3 is 1.80 bits per heavy atom. The largest absolute Gasteiger partial charge is 0.506 e. The first-order valence-corrected chi connectivity index (χ1v) is 8.75. The number of piperazine rings is 1. The first-order valence-electron chi connectivity index (χ1n) is 8.75. The first kappa shape index (κ1) is 15.6. The quantitative estimate of drug-likeness (QED) is 0.772. The third-order valence-corrected chi connectivity index (χ3v) is 4.84.